The van der Waals surface area contributed by atoms with Crippen LogP contribution in [0.3, 0.4) is 0 Å². The van der Waals surface area contributed by atoms with Gasteiger partial charge in [0, 0.05) is 19.3 Å². The van der Waals surface area contributed by atoms with E-state index < -0.39 is 0 Å². The van der Waals surface area contributed by atoms with Crippen molar-refractivity contribution in [2.45, 2.75) is 6.92 Å². The summed E-state index contributed by atoms with van der Waals surface area (Å²) in [6.07, 6.45) is 4.60. The molecule has 0 spiro atoms. The van der Waals surface area contributed by atoms with Crippen molar-refractivity contribution >= 4 is 5.82 Å². The Hall–Kier alpha value is -1.16. The van der Waals surface area contributed by atoms with Crippen LogP contribution in [0, 0.1) is 13.1 Å². The second kappa shape index (κ2) is 3.70. The molecule has 1 aromatic rings. The molecule has 2 heterocycles. The largest absolute Gasteiger partial charge is 0.378 e. The van der Waals surface area contributed by atoms with Gasteiger partial charge in [0.25, 0.3) is 0 Å². The fraction of sp³-hybridized carbons (Fsp3) is 0.556. The lowest BCUT2D eigenvalue weighted by Crippen LogP contribution is -2.36. The van der Waals surface area contributed by atoms with Crippen LogP contribution in [0.25, 0.3) is 0 Å². The molecule has 0 atom stereocenters. The van der Waals surface area contributed by atoms with Crippen molar-refractivity contribution in [1.82, 2.24) is 9.97 Å². The van der Waals surface area contributed by atoms with Gasteiger partial charge in [0.05, 0.1) is 18.9 Å². The molecule has 1 aromatic heterocycles. The molecule has 0 unspecified atom stereocenters. The molecule has 0 N–H and O–H groups in total. The molecule has 1 aliphatic heterocycles. The zero-order valence-corrected chi connectivity index (χ0v) is 7.66. The maximum atomic E-state index is 5.25. The topological polar surface area (TPSA) is 38.2 Å². The summed E-state index contributed by atoms with van der Waals surface area (Å²) >= 11 is 0. The van der Waals surface area contributed by atoms with E-state index in [-0.39, 0.29) is 0 Å². The third-order valence-electron chi connectivity index (χ3n) is 2.01. The Morgan fingerprint density at radius 3 is 2.92 bits per heavy atom. The maximum absolute atomic E-state index is 5.25. The van der Waals surface area contributed by atoms with Crippen LogP contribution in [0.1, 0.15) is 5.69 Å². The van der Waals surface area contributed by atoms with Gasteiger partial charge in [-0.2, -0.15) is 0 Å². The summed E-state index contributed by atoms with van der Waals surface area (Å²) in [7, 11) is 0. The Morgan fingerprint density at radius 1 is 1.46 bits per heavy atom. The highest BCUT2D eigenvalue weighted by molar-refractivity contribution is 5.35. The predicted molar refractivity (Wildman–Crippen MR) is 48.6 cm³/mol. The van der Waals surface area contributed by atoms with Crippen molar-refractivity contribution in [2.24, 2.45) is 0 Å². The van der Waals surface area contributed by atoms with Crippen LogP contribution in [0.4, 0.5) is 5.82 Å². The molecule has 1 fully saturated rings. The molecule has 4 heteroatoms. The number of morpholine rings is 1. The van der Waals surface area contributed by atoms with Crippen LogP contribution in [0.2, 0.25) is 0 Å². The van der Waals surface area contributed by atoms with Crippen molar-refractivity contribution in [3.8, 4) is 0 Å². The lowest BCUT2D eigenvalue weighted by molar-refractivity contribution is 0.122. The summed E-state index contributed by atoms with van der Waals surface area (Å²) < 4.78 is 5.25. The summed E-state index contributed by atoms with van der Waals surface area (Å²) in [4.78, 5) is 10.5. The van der Waals surface area contributed by atoms with Crippen molar-refractivity contribution < 1.29 is 4.74 Å². The Morgan fingerprint density at radius 2 is 2.23 bits per heavy atom. The number of aromatic nitrogens is 2. The highest BCUT2D eigenvalue weighted by atomic mass is 16.5. The van der Waals surface area contributed by atoms with E-state index in [9.17, 15) is 0 Å². The van der Waals surface area contributed by atoms with Gasteiger partial charge in [-0.05, 0) is 6.92 Å². The molecule has 69 valence electrons. The van der Waals surface area contributed by atoms with E-state index in [4.69, 9.17) is 4.74 Å². The Balaban J connectivity index is 2.14. The smallest absolute Gasteiger partial charge is 0.157 e. The molecule has 4 nitrogen and oxygen atoms in total. The lowest BCUT2D eigenvalue weighted by atomic mass is 10.4. The molecule has 1 aliphatic rings. The normalized spacial score (nSPS) is 17.5. The molecule has 0 saturated carbocycles. The van der Waals surface area contributed by atoms with Gasteiger partial charge >= 0.3 is 0 Å². The van der Waals surface area contributed by atoms with Gasteiger partial charge in [0.15, 0.2) is 5.82 Å². The molecule has 0 aliphatic carbocycles. The molecule has 0 bridgehead atoms. The minimum Gasteiger partial charge on any atom is -0.378 e. The SMILES string of the molecule is Cc1cn[c]c(N2CCOCC2)n1. The highest BCUT2D eigenvalue weighted by Gasteiger charge is 2.12. The van der Waals surface area contributed by atoms with Gasteiger partial charge in [0.1, 0.15) is 6.20 Å². The first-order valence-corrected chi connectivity index (χ1v) is 4.40. The second-order valence-electron chi connectivity index (χ2n) is 3.05. The second-order valence-corrected chi connectivity index (χ2v) is 3.05. The van der Waals surface area contributed by atoms with E-state index in [0.717, 1.165) is 37.8 Å². The maximum Gasteiger partial charge on any atom is 0.157 e. The lowest BCUT2D eigenvalue weighted by Gasteiger charge is -2.27. The quantitative estimate of drug-likeness (QED) is 0.624. The first-order valence-electron chi connectivity index (χ1n) is 4.40. The molecular formula is C9H12N3O. The highest BCUT2D eigenvalue weighted by Crippen LogP contribution is 2.10. The van der Waals surface area contributed by atoms with E-state index in [2.05, 4.69) is 21.1 Å². The third kappa shape index (κ3) is 1.95. The van der Waals surface area contributed by atoms with Crippen LogP contribution < -0.4 is 4.90 Å². The summed E-state index contributed by atoms with van der Waals surface area (Å²) in [6.45, 7) is 5.24. The van der Waals surface area contributed by atoms with E-state index in [1.165, 1.54) is 0 Å². The Bertz CT molecular complexity index is 284. The zero-order valence-electron chi connectivity index (χ0n) is 7.66. The van der Waals surface area contributed by atoms with Crippen LogP contribution >= 0.6 is 0 Å². The van der Waals surface area contributed by atoms with Crippen LogP contribution in [0.5, 0.6) is 0 Å². The molecular weight excluding hydrogens is 166 g/mol. The number of nitrogens with zero attached hydrogens (tertiary/aromatic N) is 3. The Kier molecular flexibility index (Phi) is 2.40. The van der Waals surface area contributed by atoms with Crippen LogP contribution in [-0.4, -0.2) is 36.3 Å². The third-order valence-corrected chi connectivity index (χ3v) is 2.01. The summed E-state index contributed by atoms with van der Waals surface area (Å²) in [5.74, 6) is 0.836. The summed E-state index contributed by atoms with van der Waals surface area (Å²) in [5.41, 5.74) is 0.931. The van der Waals surface area contributed by atoms with Gasteiger partial charge in [-0.15, -0.1) is 0 Å². The Labute approximate surface area is 77.6 Å². The van der Waals surface area contributed by atoms with Gasteiger partial charge in [-0.25, -0.2) is 9.97 Å². The molecule has 0 amide bonds. The number of hydrogen-bond donors (Lipinski definition) is 0. The first-order chi connectivity index (χ1) is 6.36. The summed E-state index contributed by atoms with van der Waals surface area (Å²) in [6, 6.07) is 0. The number of hydrogen-bond acceptors (Lipinski definition) is 4. The monoisotopic (exact) mass is 178 g/mol. The van der Waals surface area contributed by atoms with Gasteiger partial charge in [-0.1, -0.05) is 0 Å². The minimum absolute atomic E-state index is 0.767. The van der Waals surface area contributed by atoms with Crippen molar-refractivity contribution in [2.75, 3.05) is 31.2 Å². The number of anilines is 1. The molecule has 13 heavy (non-hydrogen) atoms. The minimum atomic E-state index is 0.767. The van der Waals surface area contributed by atoms with Gasteiger partial charge in [0.2, 0.25) is 0 Å². The van der Waals surface area contributed by atoms with Crippen molar-refractivity contribution in [1.29, 1.82) is 0 Å². The molecule has 1 radical (unpaired) electrons. The number of aryl methyl sites for hydroxylation is 1. The molecule has 2 rings (SSSR count). The predicted octanol–water partition coefficient (Wildman–Crippen LogP) is 0.422. The van der Waals surface area contributed by atoms with Crippen molar-refractivity contribution in [3.63, 3.8) is 0 Å². The van der Waals surface area contributed by atoms with Crippen LogP contribution in [0.15, 0.2) is 6.20 Å². The van der Waals surface area contributed by atoms with E-state index in [1.807, 2.05) is 6.92 Å². The van der Waals surface area contributed by atoms with E-state index in [1.54, 1.807) is 6.20 Å². The van der Waals surface area contributed by atoms with Gasteiger partial charge in [-0.3, -0.25) is 0 Å². The first kappa shape index (κ1) is 8.44. The van der Waals surface area contributed by atoms with Gasteiger partial charge < -0.3 is 9.64 Å². The molecule has 0 aromatic carbocycles. The van der Waals surface area contributed by atoms with Crippen molar-refractivity contribution in [3.05, 3.63) is 18.1 Å². The van der Waals surface area contributed by atoms with Crippen LogP contribution in [-0.2, 0) is 4.74 Å². The van der Waals surface area contributed by atoms with E-state index in [0.29, 0.717) is 0 Å². The summed E-state index contributed by atoms with van der Waals surface area (Å²) in [5, 5.41) is 0. The standard InChI is InChI=1S/C9H12N3O/c1-8-6-10-7-9(11-8)12-2-4-13-5-3-12/h6H,2-5H2,1H3. The average molecular weight is 178 g/mol. The fourth-order valence-corrected chi connectivity index (χ4v) is 1.32. The fourth-order valence-electron chi connectivity index (χ4n) is 1.32. The number of rotatable bonds is 1. The molecule has 1 saturated heterocycles. The van der Waals surface area contributed by atoms with E-state index >= 15 is 0 Å². The zero-order chi connectivity index (χ0) is 9.10. The number of ether oxygens (including phenoxy) is 1. The average Bonchev–Trinajstić information content (AvgIpc) is 2.19.